The van der Waals surface area contributed by atoms with Gasteiger partial charge in [0.15, 0.2) is 0 Å². The van der Waals surface area contributed by atoms with Gasteiger partial charge in [0.1, 0.15) is 6.61 Å². The molecule has 0 heterocycles. The van der Waals surface area contributed by atoms with E-state index in [-0.39, 0.29) is 42.9 Å². The molecule has 0 saturated heterocycles. The van der Waals surface area contributed by atoms with Crippen molar-refractivity contribution in [2.45, 2.75) is 51.5 Å². The Kier molecular flexibility index (Phi) is 7.73. The van der Waals surface area contributed by atoms with E-state index in [1.807, 2.05) is 38.1 Å². The molecule has 1 unspecified atom stereocenters. The van der Waals surface area contributed by atoms with Gasteiger partial charge in [-0.05, 0) is 47.4 Å². The molecule has 2 aliphatic rings. The van der Waals surface area contributed by atoms with Gasteiger partial charge in [-0.15, -0.1) is 0 Å². The molecule has 0 aliphatic heterocycles. The van der Waals surface area contributed by atoms with Crippen LogP contribution in [0, 0.1) is 17.8 Å². The molecule has 1 fully saturated rings. The molecule has 0 radical (unpaired) electrons. The number of benzene rings is 2. The summed E-state index contributed by atoms with van der Waals surface area (Å²) in [6.07, 6.45) is 2.14. The molecule has 186 valence electrons. The lowest BCUT2D eigenvalue weighted by atomic mass is 9.96. The Balaban J connectivity index is 1.32. The molecular weight excluding hydrogens is 444 g/mol. The van der Waals surface area contributed by atoms with Crippen molar-refractivity contribution >= 4 is 18.0 Å². The number of alkyl carbamates (subject to hydrolysis) is 1. The SMILES string of the molecule is CC(C)CC(CNC(=O)[C@H]1CCC[C@H]1NC(=O)OCC1c2ccccc2-c2ccccc21)C(=O)O. The lowest BCUT2D eigenvalue weighted by Crippen LogP contribution is -2.45. The van der Waals surface area contributed by atoms with Crippen molar-refractivity contribution in [2.24, 2.45) is 17.8 Å². The third-order valence-electron chi connectivity index (χ3n) is 7.13. The number of carbonyl (C=O) groups excluding carboxylic acids is 2. The lowest BCUT2D eigenvalue weighted by molar-refractivity contribution is -0.142. The fourth-order valence-electron chi connectivity index (χ4n) is 5.43. The standard InChI is InChI=1S/C28H34N2O5/c1-17(2)14-18(27(32)33)15-29-26(31)23-12-7-13-25(23)30-28(34)35-16-24-21-10-5-3-8-19(21)20-9-4-6-11-22(20)24/h3-6,8-11,17-18,23-25H,7,12-16H2,1-2H3,(H,29,31)(H,30,34)(H,32,33)/t18?,23-,25+/m0/s1. The monoisotopic (exact) mass is 478 g/mol. The smallest absolute Gasteiger partial charge is 0.407 e. The van der Waals surface area contributed by atoms with Crippen molar-refractivity contribution in [1.82, 2.24) is 10.6 Å². The molecule has 2 aromatic carbocycles. The molecule has 1 saturated carbocycles. The van der Waals surface area contributed by atoms with Crippen molar-refractivity contribution in [3.05, 3.63) is 59.7 Å². The van der Waals surface area contributed by atoms with E-state index >= 15 is 0 Å². The van der Waals surface area contributed by atoms with Crippen LogP contribution in [0.25, 0.3) is 11.1 Å². The summed E-state index contributed by atoms with van der Waals surface area (Å²) >= 11 is 0. The summed E-state index contributed by atoms with van der Waals surface area (Å²) in [5, 5.41) is 15.1. The molecule has 4 rings (SSSR count). The molecule has 0 bridgehead atoms. The van der Waals surface area contributed by atoms with Gasteiger partial charge < -0.3 is 20.5 Å². The highest BCUT2D eigenvalue weighted by Gasteiger charge is 2.35. The second kappa shape index (κ2) is 10.9. The molecule has 7 nitrogen and oxygen atoms in total. The zero-order valence-electron chi connectivity index (χ0n) is 20.3. The van der Waals surface area contributed by atoms with Crippen LogP contribution in [-0.2, 0) is 14.3 Å². The van der Waals surface area contributed by atoms with E-state index in [2.05, 4.69) is 34.9 Å². The molecular formula is C28H34N2O5. The van der Waals surface area contributed by atoms with Crippen LogP contribution in [0.4, 0.5) is 4.79 Å². The van der Waals surface area contributed by atoms with Gasteiger partial charge in [-0.25, -0.2) is 4.79 Å². The summed E-state index contributed by atoms with van der Waals surface area (Å²) in [7, 11) is 0. The van der Waals surface area contributed by atoms with Gasteiger partial charge in [0.2, 0.25) is 5.91 Å². The number of hydrogen-bond donors (Lipinski definition) is 3. The second-order valence-electron chi connectivity index (χ2n) is 10.0. The fourth-order valence-corrected chi connectivity index (χ4v) is 5.43. The Morgan fingerprint density at radius 2 is 1.63 bits per heavy atom. The molecule has 0 aromatic heterocycles. The highest BCUT2D eigenvalue weighted by molar-refractivity contribution is 5.82. The largest absolute Gasteiger partial charge is 0.481 e. The van der Waals surface area contributed by atoms with Crippen molar-refractivity contribution in [2.75, 3.05) is 13.2 Å². The van der Waals surface area contributed by atoms with Crippen LogP contribution in [0.5, 0.6) is 0 Å². The van der Waals surface area contributed by atoms with Crippen molar-refractivity contribution in [1.29, 1.82) is 0 Å². The van der Waals surface area contributed by atoms with Gasteiger partial charge in [0, 0.05) is 18.5 Å². The maximum absolute atomic E-state index is 12.8. The zero-order valence-corrected chi connectivity index (χ0v) is 20.3. The fraction of sp³-hybridized carbons (Fsp3) is 0.464. The summed E-state index contributed by atoms with van der Waals surface area (Å²) in [4.78, 5) is 37.0. The number of ether oxygens (including phenoxy) is 1. The normalized spacial score (nSPS) is 19.6. The van der Waals surface area contributed by atoms with Gasteiger partial charge in [-0.1, -0.05) is 68.8 Å². The van der Waals surface area contributed by atoms with Crippen LogP contribution in [0.15, 0.2) is 48.5 Å². The summed E-state index contributed by atoms with van der Waals surface area (Å²) < 4.78 is 5.64. The van der Waals surface area contributed by atoms with Gasteiger partial charge >= 0.3 is 12.1 Å². The van der Waals surface area contributed by atoms with Crippen LogP contribution in [-0.4, -0.2) is 42.3 Å². The number of fused-ring (bicyclic) bond motifs is 3. The van der Waals surface area contributed by atoms with Crippen LogP contribution in [0.1, 0.15) is 56.6 Å². The average molecular weight is 479 g/mol. The first kappa shape index (κ1) is 24.8. The van der Waals surface area contributed by atoms with E-state index in [0.717, 1.165) is 17.5 Å². The third-order valence-corrected chi connectivity index (χ3v) is 7.13. The molecule has 0 spiro atoms. The van der Waals surface area contributed by atoms with Crippen LogP contribution >= 0.6 is 0 Å². The van der Waals surface area contributed by atoms with Crippen molar-refractivity contribution in [3.8, 4) is 11.1 Å². The molecule has 2 amide bonds. The molecule has 7 heteroatoms. The number of carboxylic acids is 1. The van der Waals surface area contributed by atoms with Gasteiger partial charge in [-0.2, -0.15) is 0 Å². The molecule has 2 aliphatic carbocycles. The lowest BCUT2D eigenvalue weighted by Gasteiger charge is -2.22. The Labute approximate surface area is 206 Å². The minimum absolute atomic E-state index is 0.0234. The first-order chi connectivity index (χ1) is 16.8. The second-order valence-corrected chi connectivity index (χ2v) is 10.0. The Bertz CT molecular complexity index is 1040. The highest BCUT2D eigenvalue weighted by atomic mass is 16.5. The number of hydrogen-bond acceptors (Lipinski definition) is 4. The summed E-state index contributed by atoms with van der Waals surface area (Å²) in [5.74, 6) is -1.91. The predicted octanol–water partition coefficient (Wildman–Crippen LogP) is 4.56. The van der Waals surface area contributed by atoms with E-state index in [0.29, 0.717) is 19.3 Å². The van der Waals surface area contributed by atoms with E-state index in [4.69, 9.17) is 4.74 Å². The molecule has 2 aromatic rings. The highest BCUT2D eigenvalue weighted by Crippen LogP contribution is 2.44. The van der Waals surface area contributed by atoms with Crippen LogP contribution < -0.4 is 10.6 Å². The first-order valence-corrected chi connectivity index (χ1v) is 12.5. The van der Waals surface area contributed by atoms with Crippen LogP contribution in [0.2, 0.25) is 0 Å². The van der Waals surface area contributed by atoms with Crippen LogP contribution in [0.3, 0.4) is 0 Å². The minimum atomic E-state index is -0.904. The zero-order chi connectivity index (χ0) is 24.9. The van der Waals surface area contributed by atoms with E-state index < -0.39 is 18.0 Å². The summed E-state index contributed by atoms with van der Waals surface area (Å²) in [6.45, 7) is 4.24. The number of amides is 2. The van der Waals surface area contributed by atoms with E-state index in [9.17, 15) is 19.5 Å². The number of carbonyl (C=O) groups is 3. The summed E-state index contributed by atoms with van der Waals surface area (Å²) in [6, 6.07) is 16.0. The maximum Gasteiger partial charge on any atom is 0.407 e. The molecule has 3 atom stereocenters. The predicted molar refractivity (Wildman–Crippen MR) is 133 cm³/mol. The molecule has 3 N–H and O–H groups in total. The van der Waals surface area contributed by atoms with Crippen molar-refractivity contribution in [3.63, 3.8) is 0 Å². The van der Waals surface area contributed by atoms with Gasteiger partial charge in [0.05, 0.1) is 11.8 Å². The Morgan fingerprint density at radius 1 is 1.00 bits per heavy atom. The first-order valence-electron chi connectivity index (χ1n) is 12.5. The third kappa shape index (κ3) is 5.66. The molecule has 35 heavy (non-hydrogen) atoms. The van der Waals surface area contributed by atoms with E-state index in [1.54, 1.807) is 0 Å². The minimum Gasteiger partial charge on any atom is -0.481 e. The Morgan fingerprint density at radius 3 is 2.23 bits per heavy atom. The maximum atomic E-state index is 12.8. The topological polar surface area (TPSA) is 105 Å². The van der Waals surface area contributed by atoms with E-state index in [1.165, 1.54) is 11.1 Å². The number of aliphatic carboxylic acids is 1. The quantitative estimate of drug-likeness (QED) is 0.490. The van der Waals surface area contributed by atoms with Gasteiger partial charge in [0.25, 0.3) is 0 Å². The Hall–Kier alpha value is -3.35. The average Bonchev–Trinajstić information content (AvgIpc) is 3.42. The number of rotatable bonds is 9. The van der Waals surface area contributed by atoms with Crippen molar-refractivity contribution < 1.29 is 24.2 Å². The number of nitrogens with one attached hydrogen (secondary N) is 2. The summed E-state index contributed by atoms with van der Waals surface area (Å²) in [5.41, 5.74) is 4.63. The number of carboxylic acid groups (broad SMARTS) is 1. The van der Waals surface area contributed by atoms with Gasteiger partial charge in [-0.3, -0.25) is 9.59 Å².